The van der Waals surface area contributed by atoms with Crippen LogP contribution in [0.4, 0.5) is 0 Å². The van der Waals surface area contributed by atoms with Crippen LogP contribution in [-0.2, 0) is 15.4 Å². The lowest BCUT2D eigenvalue weighted by molar-refractivity contribution is 0.573. The number of rotatable bonds is 7. The van der Waals surface area contributed by atoms with E-state index in [-0.39, 0.29) is 5.41 Å². The first-order valence-corrected chi connectivity index (χ1v) is 12.3. The summed E-state index contributed by atoms with van der Waals surface area (Å²) in [7, 11) is -3.42. The zero-order valence-corrected chi connectivity index (χ0v) is 19.9. The molecule has 0 saturated heterocycles. The first kappa shape index (κ1) is 22.8. The van der Waals surface area contributed by atoms with E-state index in [4.69, 9.17) is 0 Å². The van der Waals surface area contributed by atoms with Gasteiger partial charge in [0.2, 0.25) is 10.0 Å². The maximum Gasteiger partial charge on any atom is 0.240 e. The third kappa shape index (κ3) is 5.41. The fraction of sp³-hybridized carbons (Fsp3) is 0.462. The van der Waals surface area contributed by atoms with Gasteiger partial charge in [0, 0.05) is 6.54 Å². The second-order valence-electron chi connectivity index (χ2n) is 9.74. The summed E-state index contributed by atoms with van der Waals surface area (Å²) in [5, 5.41) is 0. The minimum absolute atomic E-state index is 0.165. The molecule has 0 amide bonds. The maximum atomic E-state index is 12.4. The minimum atomic E-state index is -3.42. The van der Waals surface area contributed by atoms with Gasteiger partial charge in [0.15, 0.2) is 0 Å². The predicted octanol–water partition coefficient (Wildman–Crippen LogP) is 6.09. The van der Waals surface area contributed by atoms with Gasteiger partial charge in [-0.2, -0.15) is 0 Å². The standard InChI is InChI=1S/C26H35NO2S/c1-18-7-13-24(14-8-18)30(28,29)27-16-15-22-17-25(22)20(3)19(2)21-9-11-23(12-10-21)26(4,5)6/h7-14,22,25,27H,15-17H2,1-6H3/b20-19+. The number of sulfonamides is 1. The summed E-state index contributed by atoms with van der Waals surface area (Å²) in [6.45, 7) is 13.6. The summed E-state index contributed by atoms with van der Waals surface area (Å²) >= 11 is 0. The van der Waals surface area contributed by atoms with Crippen molar-refractivity contribution in [3.63, 3.8) is 0 Å². The van der Waals surface area contributed by atoms with E-state index in [9.17, 15) is 8.42 Å². The van der Waals surface area contributed by atoms with Crippen molar-refractivity contribution in [3.8, 4) is 0 Å². The number of allylic oxidation sites excluding steroid dienone is 2. The van der Waals surface area contributed by atoms with E-state index < -0.39 is 10.0 Å². The average Bonchev–Trinajstić information content (AvgIpc) is 3.46. The van der Waals surface area contributed by atoms with Crippen LogP contribution in [0.2, 0.25) is 0 Å². The smallest absolute Gasteiger partial charge is 0.211 e. The Kier molecular flexibility index (Phi) is 6.59. The molecule has 0 spiro atoms. The molecule has 0 bridgehead atoms. The highest BCUT2D eigenvalue weighted by Gasteiger charge is 2.38. The van der Waals surface area contributed by atoms with Gasteiger partial charge in [-0.1, -0.05) is 68.3 Å². The van der Waals surface area contributed by atoms with Gasteiger partial charge in [0.1, 0.15) is 0 Å². The highest BCUT2D eigenvalue weighted by atomic mass is 32.2. The Morgan fingerprint density at radius 2 is 1.60 bits per heavy atom. The molecule has 1 N–H and O–H groups in total. The van der Waals surface area contributed by atoms with Crippen LogP contribution in [0.1, 0.15) is 64.2 Å². The van der Waals surface area contributed by atoms with Gasteiger partial charge >= 0.3 is 0 Å². The molecule has 162 valence electrons. The lowest BCUT2D eigenvalue weighted by atomic mass is 9.86. The third-order valence-corrected chi connectivity index (χ3v) is 7.87. The van der Waals surface area contributed by atoms with Gasteiger partial charge in [0.05, 0.1) is 4.90 Å². The van der Waals surface area contributed by atoms with Gasteiger partial charge in [0.25, 0.3) is 0 Å². The average molecular weight is 426 g/mol. The van der Waals surface area contributed by atoms with Crippen molar-refractivity contribution in [2.45, 2.75) is 64.7 Å². The molecule has 2 atom stereocenters. The number of hydrogen-bond donors (Lipinski definition) is 1. The summed E-state index contributed by atoms with van der Waals surface area (Å²) in [6, 6.07) is 15.9. The van der Waals surface area contributed by atoms with Crippen molar-refractivity contribution in [2.24, 2.45) is 11.8 Å². The Balaban J connectivity index is 1.56. The summed E-state index contributed by atoms with van der Waals surface area (Å²) in [4.78, 5) is 0.339. The van der Waals surface area contributed by atoms with E-state index in [0.717, 1.165) is 18.4 Å². The SMILES string of the molecule is C/C(=C(/C)C1CC1CCNS(=O)(=O)c1ccc(C)cc1)c1ccc(C(C)(C)C)cc1. The summed E-state index contributed by atoms with van der Waals surface area (Å²) in [5.41, 5.74) is 6.64. The predicted molar refractivity (Wildman–Crippen MR) is 126 cm³/mol. The van der Waals surface area contributed by atoms with Crippen LogP contribution in [0, 0.1) is 18.8 Å². The van der Waals surface area contributed by atoms with Crippen molar-refractivity contribution >= 4 is 15.6 Å². The van der Waals surface area contributed by atoms with Crippen LogP contribution in [0.15, 0.2) is 59.0 Å². The minimum Gasteiger partial charge on any atom is -0.211 e. The van der Waals surface area contributed by atoms with Crippen LogP contribution in [0.3, 0.4) is 0 Å². The molecule has 1 fully saturated rings. The number of aryl methyl sites for hydroxylation is 1. The maximum absolute atomic E-state index is 12.4. The normalized spacial score (nSPS) is 20.1. The molecule has 1 saturated carbocycles. The topological polar surface area (TPSA) is 46.2 Å². The van der Waals surface area contributed by atoms with Crippen LogP contribution >= 0.6 is 0 Å². The molecular formula is C26H35NO2S. The van der Waals surface area contributed by atoms with Crippen molar-refractivity contribution in [1.29, 1.82) is 0 Å². The highest BCUT2D eigenvalue weighted by molar-refractivity contribution is 7.89. The fourth-order valence-corrected chi connectivity index (χ4v) is 5.05. The van der Waals surface area contributed by atoms with E-state index in [1.54, 1.807) is 12.1 Å². The summed E-state index contributed by atoms with van der Waals surface area (Å²) in [5.74, 6) is 1.13. The van der Waals surface area contributed by atoms with E-state index in [2.05, 4.69) is 63.6 Å². The lowest BCUT2D eigenvalue weighted by Gasteiger charge is -2.19. The van der Waals surface area contributed by atoms with Gasteiger partial charge in [-0.25, -0.2) is 13.1 Å². The van der Waals surface area contributed by atoms with Crippen LogP contribution in [-0.4, -0.2) is 15.0 Å². The summed E-state index contributed by atoms with van der Waals surface area (Å²) in [6.07, 6.45) is 2.03. The second-order valence-corrected chi connectivity index (χ2v) is 11.5. The molecule has 0 aliphatic heterocycles. The molecule has 0 radical (unpaired) electrons. The molecule has 30 heavy (non-hydrogen) atoms. The molecule has 2 aromatic rings. The van der Waals surface area contributed by atoms with E-state index in [0.29, 0.717) is 23.3 Å². The Bertz CT molecular complexity index is 1010. The molecule has 4 heteroatoms. The third-order valence-electron chi connectivity index (χ3n) is 6.39. The van der Waals surface area contributed by atoms with Crippen molar-refractivity contribution in [2.75, 3.05) is 6.54 Å². The fourth-order valence-electron chi connectivity index (χ4n) is 4.00. The Hall–Kier alpha value is -1.91. The molecular weight excluding hydrogens is 390 g/mol. The molecule has 0 heterocycles. The molecule has 1 aliphatic carbocycles. The molecule has 0 aromatic heterocycles. The van der Waals surface area contributed by atoms with Crippen LogP contribution in [0.5, 0.6) is 0 Å². The van der Waals surface area contributed by atoms with Gasteiger partial charge in [-0.3, -0.25) is 0 Å². The zero-order chi connectivity index (χ0) is 22.1. The Labute approximate surface area is 182 Å². The van der Waals surface area contributed by atoms with Crippen LogP contribution < -0.4 is 4.72 Å². The van der Waals surface area contributed by atoms with Crippen LogP contribution in [0.25, 0.3) is 5.57 Å². The number of benzene rings is 2. The quantitative estimate of drug-likeness (QED) is 0.583. The summed E-state index contributed by atoms with van der Waals surface area (Å²) < 4.78 is 27.6. The largest absolute Gasteiger partial charge is 0.240 e. The molecule has 2 unspecified atom stereocenters. The van der Waals surface area contributed by atoms with E-state index in [1.165, 1.54) is 22.3 Å². The Morgan fingerprint density at radius 1 is 1.00 bits per heavy atom. The monoisotopic (exact) mass is 425 g/mol. The van der Waals surface area contributed by atoms with Crippen molar-refractivity contribution in [1.82, 2.24) is 4.72 Å². The molecule has 1 aliphatic rings. The van der Waals surface area contributed by atoms with Gasteiger partial charge in [-0.05, 0) is 79.7 Å². The molecule has 2 aromatic carbocycles. The van der Waals surface area contributed by atoms with Crippen molar-refractivity contribution in [3.05, 3.63) is 70.8 Å². The van der Waals surface area contributed by atoms with Crippen molar-refractivity contribution < 1.29 is 8.42 Å². The molecule has 3 nitrogen and oxygen atoms in total. The van der Waals surface area contributed by atoms with Gasteiger partial charge in [-0.15, -0.1) is 0 Å². The number of nitrogens with one attached hydrogen (secondary N) is 1. The van der Waals surface area contributed by atoms with Gasteiger partial charge < -0.3 is 0 Å². The highest BCUT2D eigenvalue weighted by Crippen LogP contribution is 2.48. The van der Waals surface area contributed by atoms with E-state index in [1.807, 2.05) is 19.1 Å². The molecule has 3 rings (SSSR count). The first-order chi connectivity index (χ1) is 14.0. The number of hydrogen-bond acceptors (Lipinski definition) is 2. The zero-order valence-electron chi connectivity index (χ0n) is 19.1. The van der Waals surface area contributed by atoms with E-state index >= 15 is 0 Å². The lowest BCUT2D eigenvalue weighted by Crippen LogP contribution is -2.25. The first-order valence-electron chi connectivity index (χ1n) is 10.8. The second kappa shape index (κ2) is 8.68. The Morgan fingerprint density at radius 3 is 2.17 bits per heavy atom.